The lowest BCUT2D eigenvalue weighted by Gasteiger charge is -2.43. The van der Waals surface area contributed by atoms with Crippen molar-refractivity contribution in [1.82, 2.24) is 35.2 Å². The molecule has 2 saturated carbocycles. The molecule has 3 atom stereocenters. The number of H-pyrrole nitrogens is 1. The molecule has 0 radical (unpaired) electrons. The molecule has 64 heavy (non-hydrogen) atoms. The average Bonchev–Trinajstić information content (AvgIpc) is 3.92. The number of carbonyl (C=O) groups is 3. The Morgan fingerprint density at radius 3 is 2.50 bits per heavy atom. The van der Waals surface area contributed by atoms with Crippen LogP contribution < -0.4 is 29.0 Å². The number of aromatic amines is 1. The van der Waals surface area contributed by atoms with Gasteiger partial charge in [0.2, 0.25) is 18.6 Å². The minimum absolute atomic E-state index is 0.0269. The second-order valence-corrected chi connectivity index (χ2v) is 17.4. The summed E-state index contributed by atoms with van der Waals surface area (Å²) in [7, 11) is 3.22. The number of nitrogens with zero attached hydrogens (tertiary/aromatic N) is 6. The van der Waals surface area contributed by atoms with E-state index < -0.39 is 11.9 Å². The van der Waals surface area contributed by atoms with Gasteiger partial charge in [-0.3, -0.25) is 19.4 Å². The highest BCUT2D eigenvalue weighted by atomic mass is 16.7. The molecular formula is C48H52N8O8. The number of nitrogens with one attached hydrogen (secondary N) is 2. The fourth-order valence-electron chi connectivity index (χ4n) is 9.81. The molecule has 0 unspecified atom stereocenters. The zero-order valence-corrected chi connectivity index (χ0v) is 36.3. The predicted octanol–water partition coefficient (Wildman–Crippen LogP) is 6.25. The van der Waals surface area contributed by atoms with E-state index >= 15 is 0 Å². The van der Waals surface area contributed by atoms with E-state index in [2.05, 4.69) is 25.3 Å². The maximum Gasteiger partial charge on any atom is 0.255 e. The number of hydrazone groups is 1. The van der Waals surface area contributed by atoms with Crippen molar-refractivity contribution in [2.45, 2.75) is 76.8 Å². The molecule has 3 fully saturated rings. The number of ether oxygens (including phenoxy) is 5. The van der Waals surface area contributed by atoms with E-state index in [1.54, 1.807) is 43.4 Å². The summed E-state index contributed by atoms with van der Waals surface area (Å²) in [6.45, 7) is 3.23. The quantitative estimate of drug-likeness (QED) is 0.137. The Kier molecular flexibility index (Phi) is 11.3. The molecule has 5 aliphatic rings. The number of carbonyl (C=O) groups excluding carboxylic acids is 3. The zero-order valence-electron chi connectivity index (χ0n) is 36.3. The van der Waals surface area contributed by atoms with Gasteiger partial charge in [0.05, 0.1) is 49.2 Å². The third kappa shape index (κ3) is 7.83. The second-order valence-electron chi connectivity index (χ2n) is 17.4. The standard InChI is InChI=1S/C48H52N8O8/c1-27-39(42-44(52-27)43(51-25-50-42)40-36(62-24-28-10-11-28)14-15-37-45(40)64-26-63-37)46(57)53-34(21-29-7-6-18-49-23-29)48(59)55-19-16-31(17-20-55)56-47(58)33-9-5-4-8-32(33)41(54-56)30-12-13-35(60-2)38(22-30)61-3/h6-7,12-15,18,22-23,25,28,31-34,52H,4-5,8-11,16-17,19-21,24,26H2,1-3H3,(H,53,57)/t32-,33+,34-/m0/s1. The molecule has 2 aromatic carbocycles. The number of likely N-dealkylation sites (tertiary alicyclic amines) is 1. The van der Waals surface area contributed by atoms with Crippen molar-refractivity contribution < 1.29 is 38.1 Å². The van der Waals surface area contributed by atoms with E-state index in [4.69, 9.17) is 28.8 Å². The summed E-state index contributed by atoms with van der Waals surface area (Å²) in [5, 5.41) is 9.90. The fourth-order valence-corrected chi connectivity index (χ4v) is 9.81. The SMILES string of the molecule is COc1ccc(C2=NN(C3CCN(C(=O)[C@H](Cc4cccnc4)NC(=O)c4c(C)[nH]c5c(-c6c(OCC7CC7)ccc7c6OCO7)ncnc45)CC3)C(=O)[C@@H]3CCCC[C@H]23)cc1OC. The third-order valence-electron chi connectivity index (χ3n) is 13.4. The van der Waals surface area contributed by atoms with Crippen LogP contribution in [0.4, 0.5) is 0 Å². The molecular weight excluding hydrogens is 817 g/mol. The van der Waals surface area contributed by atoms with Crippen LogP contribution in [-0.4, -0.2) is 106 Å². The number of amides is 3. The van der Waals surface area contributed by atoms with Gasteiger partial charge in [0.1, 0.15) is 29.3 Å². The number of methoxy groups -OCH3 is 2. The number of benzene rings is 2. The number of rotatable bonds is 13. The van der Waals surface area contributed by atoms with Crippen molar-refractivity contribution in [2.75, 3.05) is 40.7 Å². The molecule has 3 amide bonds. The minimum atomic E-state index is -0.918. The van der Waals surface area contributed by atoms with Gasteiger partial charge in [0, 0.05) is 55.0 Å². The molecule has 16 nitrogen and oxygen atoms in total. The van der Waals surface area contributed by atoms with Crippen molar-refractivity contribution >= 4 is 34.5 Å². The predicted molar refractivity (Wildman–Crippen MR) is 236 cm³/mol. The van der Waals surface area contributed by atoms with Gasteiger partial charge in [0.25, 0.3) is 5.91 Å². The molecule has 2 N–H and O–H groups in total. The minimum Gasteiger partial charge on any atom is -0.493 e. The van der Waals surface area contributed by atoms with Crippen molar-refractivity contribution in [2.24, 2.45) is 22.9 Å². The molecule has 3 aromatic heterocycles. The highest BCUT2D eigenvalue weighted by molar-refractivity contribution is 6.11. The smallest absolute Gasteiger partial charge is 0.255 e. The number of pyridine rings is 1. The summed E-state index contributed by atoms with van der Waals surface area (Å²) in [6.07, 6.45) is 12.1. The van der Waals surface area contributed by atoms with Crippen LogP contribution in [0.15, 0.2) is 66.3 Å². The molecule has 5 aromatic rings. The Balaban J connectivity index is 0.901. The maximum absolute atomic E-state index is 14.6. The van der Waals surface area contributed by atoms with E-state index in [0.29, 0.717) is 101 Å². The van der Waals surface area contributed by atoms with Gasteiger partial charge in [-0.1, -0.05) is 18.9 Å². The van der Waals surface area contributed by atoms with Crippen LogP contribution in [-0.2, 0) is 16.0 Å². The Labute approximate surface area is 370 Å². The first-order valence-electron chi connectivity index (χ1n) is 22.3. The van der Waals surface area contributed by atoms with E-state index in [1.165, 1.54) is 6.33 Å². The van der Waals surface area contributed by atoms with Crippen LogP contribution >= 0.6 is 0 Å². The summed E-state index contributed by atoms with van der Waals surface area (Å²) in [5.74, 6) is 2.72. The van der Waals surface area contributed by atoms with Gasteiger partial charge in [-0.05, 0) is 93.3 Å². The topological polar surface area (TPSA) is 183 Å². The Morgan fingerprint density at radius 2 is 1.73 bits per heavy atom. The van der Waals surface area contributed by atoms with Gasteiger partial charge in [0.15, 0.2) is 23.0 Å². The van der Waals surface area contributed by atoms with Crippen molar-refractivity contribution in [3.05, 3.63) is 83.6 Å². The van der Waals surface area contributed by atoms with Gasteiger partial charge in [-0.15, -0.1) is 0 Å². The van der Waals surface area contributed by atoms with Crippen molar-refractivity contribution in [3.63, 3.8) is 0 Å². The summed E-state index contributed by atoms with van der Waals surface area (Å²) >= 11 is 0. The molecule has 0 spiro atoms. The summed E-state index contributed by atoms with van der Waals surface area (Å²) in [6, 6.07) is 12.1. The zero-order chi connectivity index (χ0) is 43.9. The Bertz CT molecular complexity index is 2620. The molecule has 6 heterocycles. The molecule has 10 rings (SSSR count). The lowest BCUT2D eigenvalue weighted by molar-refractivity contribution is -0.143. The number of aromatic nitrogens is 4. The van der Waals surface area contributed by atoms with Crippen LogP contribution in [0.3, 0.4) is 0 Å². The van der Waals surface area contributed by atoms with Gasteiger partial charge >= 0.3 is 0 Å². The van der Waals surface area contributed by atoms with E-state index in [-0.39, 0.29) is 42.9 Å². The van der Waals surface area contributed by atoms with Gasteiger partial charge < -0.3 is 38.9 Å². The monoisotopic (exact) mass is 868 g/mol. The third-order valence-corrected chi connectivity index (χ3v) is 13.4. The normalized spacial score (nSPS) is 20.1. The highest BCUT2D eigenvalue weighted by Crippen LogP contribution is 2.48. The molecule has 0 bridgehead atoms. The lowest BCUT2D eigenvalue weighted by Crippen LogP contribution is -2.56. The number of aryl methyl sites for hydroxylation is 1. The first-order valence-corrected chi connectivity index (χ1v) is 22.3. The largest absolute Gasteiger partial charge is 0.493 e. The molecule has 332 valence electrons. The lowest BCUT2D eigenvalue weighted by atomic mass is 9.73. The van der Waals surface area contributed by atoms with Crippen molar-refractivity contribution in [3.8, 4) is 40.0 Å². The number of piperidine rings is 1. The molecule has 16 heteroatoms. The molecule has 1 saturated heterocycles. The molecule has 2 aliphatic carbocycles. The van der Waals surface area contributed by atoms with Gasteiger partial charge in [-0.2, -0.15) is 5.10 Å². The summed E-state index contributed by atoms with van der Waals surface area (Å²) in [5.41, 5.74) is 5.54. The first kappa shape index (κ1) is 41.3. The number of hydrogen-bond acceptors (Lipinski definition) is 12. The van der Waals surface area contributed by atoms with Crippen LogP contribution in [0.5, 0.6) is 28.7 Å². The van der Waals surface area contributed by atoms with Crippen LogP contribution in [0.2, 0.25) is 0 Å². The van der Waals surface area contributed by atoms with Crippen molar-refractivity contribution in [1.29, 1.82) is 0 Å². The van der Waals surface area contributed by atoms with Crippen LogP contribution in [0.25, 0.3) is 22.3 Å². The highest BCUT2D eigenvalue weighted by Gasteiger charge is 2.44. The van der Waals surface area contributed by atoms with Gasteiger partial charge in [-0.25, -0.2) is 15.0 Å². The Hall–Kier alpha value is -6.71. The second kappa shape index (κ2) is 17.5. The molecule has 3 aliphatic heterocycles. The van der Waals surface area contributed by atoms with Crippen LogP contribution in [0, 0.1) is 24.7 Å². The maximum atomic E-state index is 14.6. The Morgan fingerprint density at radius 1 is 0.938 bits per heavy atom. The number of hydrogen-bond donors (Lipinski definition) is 2. The van der Waals surface area contributed by atoms with E-state index in [1.807, 2.05) is 42.5 Å². The van der Waals surface area contributed by atoms with E-state index in [0.717, 1.165) is 55.4 Å². The summed E-state index contributed by atoms with van der Waals surface area (Å²) in [4.78, 5) is 62.0. The first-order chi connectivity index (χ1) is 31.3. The number of fused-ring (bicyclic) bond motifs is 3. The summed E-state index contributed by atoms with van der Waals surface area (Å²) < 4.78 is 29.1. The fraction of sp³-hybridized carbons (Fsp3) is 0.438. The van der Waals surface area contributed by atoms with E-state index in [9.17, 15) is 14.4 Å². The average molecular weight is 869 g/mol. The van der Waals surface area contributed by atoms with Crippen LogP contribution in [0.1, 0.15) is 78.5 Å².